The molecule has 3 rings (SSSR count). The summed E-state index contributed by atoms with van der Waals surface area (Å²) < 4.78 is 1.84. The van der Waals surface area contributed by atoms with Gasteiger partial charge in [0.2, 0.25) is 11.8 Å². The van der Waals surface area contributed by atoms with Crippen LogP contribution in [0.15, 0.2) is 30.9 Å². The van der Waals surface area contributed by atoms with Crippen LogP contribution in [-0.4, -0.2) is 28.6 Å². The van der Waals surface area contributed by atoms with Crippen LogP contribution in [0.1, 0.15) is 24.5 Å². The van der Waals surface area contributed by atoms with E-state index in [2.05, 4.69) is 22.3 Å². The molecule has 2 amide bonds. The van der Waals surface area contributed by atoms with Crippen molar-refractivity contribution < 1.29 is 9.59 Å². The summed E-state index contributed by atoms with van der Waals surface area (Å²) in [5.41, 5.74) is 2.62. The first kappa shape index (κ1) is 14.3. The summed E-state index contributed by atoms with van der Waals surface area (Å²) in [7, 11) is 1.85. The lowest BCUT2D eigenvalue weighted by molar-refractivity contribution is -0.134. The average Bonchev–Trinajstić information content (AvgIpc) is 2.86. The highest BCUT2D eigenvalue weighted by Gasteiger charge is 2.32. The van der Waals surface area contributed by atoms with Crippen molar-refractivity contribution >= 4 is 28.4 Å². The van der Waals surface area contributed by atoms with Crippen LogP contribution in [-0.2, 0) is 16.1 Å². The first-order valence-electron chi connectivity index (χ1n) is 7.27. The number of carbonyl (C=O) groups is 2. The molecule has 1 saturated heterocycles. The Morgan fingerprint density at radius 1 is 1.50 bits per heavy atom. The molecule has 2 heterocycles. The lowest BCUT2D eigenvalue weighted by Gasteiger charge is -2.19. The molecule has 1 aliphatic rings. The van der Waals surface area contributed by atoms with Crippen LogP contribution in [0, 0.1) is 0 Å². The second kappa shape index (κ2) is 5.63. The SMILES string of the molecule is C=CCn1nc(C2CCC(=O)NC2=O)c2cccc(NC)c21. The quantitative estimate of drug-likeness (QED) is 0.666. The number of piperidine rings is 1. The molecule has 0 spiro atoms. The largest absolute Gasteiger partial charge is 0.386 e. The minimum atomic E-state index is -0.390. The van der Waals surface area contributed by atoms with Gasteiger partial charge in [-0.3, -0.25) is 19.6 Å². The van der Waals surface area contributed by atoms with Gasteiger partial charge in [0.05, 0.1) is 29.4 Å². The van der Waals surface area contributed by atoms with Crippen LogP contribution in [0.3, 0.4) is 0 Å². The standard InChI is InChI=1S/C16H18N4O2/c1-3-9-20-15-10(5-4-6-12(15)17-2)14(19-20)11-7-8-13(21)18-16(11)22/h3-6,11,17H,1,7-9H2,2H3,(H,18,21,22). The number of anilines is 1. The van der Waals surface area contributed by atoms with Crippen molar-refractivity contribution in [3.05, 3.63) is 36.5 Å². The van der Waals surface area contributed by atoms with E-state index in [-0.39, 0.29) is 11.8 Å². The zero-order chi connectivity index (χ0) is 15.7. The fourth-order valence-corrected chi connectivity index (χ4v) is 2.93. The summed E-state index contributed by atoms with van der Waals surface area (Å²) in [6.07, 6.45) is 2.61. The molecule has 2 aromatic rings. The Bertz CT molecular complexity index is 763. The fraction of sp³-hybridized carbons (Fsp3) is 0.312. The number of hydrogen-bond acceptors (Lipinski definition) is 4. The number of carbonyl (C=O) groups excluding carboxylic acids is 2. The third kappa shape index (κ3) is 2.26. The molecule has 6 heteroatoms. The molecule has 0 radical (unpaired) electrons. The lowest BCUT2D eigenvalue weighted by atomic mass is 9.93. The highest BCUT2D eigenvalue weighted by Crippen LogP contribution is 2.33. The van der Waals surface area contributed by atoms with E-state index in [4.69, 9.17) is 0 Å². The molecular formula is C16H18N4O2. The summed E-state index contributed by atoms with van der Waals surface area (Å²) in [6, 6.07) is 5.86. The molecule has 2 N–H and O–H groups in total. The van der Waals surface area contributed by atoms with Crippen molar-refractivity contribution in [3.63, 3.8) is 0 Å². The zero-order valence-corrected chi connectivity index (χ0v) is 12.4. The molecule has 1 atom stereocenters. The third-order valence-electron chi connectivity index (χ3n) is 3.94. The Labute approximate surface area is 128 Å². The van der Waals surface area contributed by atoms with Gasteiger partial charge in [0.25, 0.3) is 0 Å². The summed E-state index contributed by atoms with van der Waals surface area (Å²) >= 11 is 0. The molecule has 114 valence electrons. The van der Waals surface area contributed by atoms with E-state index in [1.54, 1.807) is 6.08 Å². The first-order valence-corrected chi connectivity index (χ1v) is 7.27. The predicted molar refractivity (Wildman–Crippen MR) is 84.6 cm³/mol. The van der Waals surface area contributed by atoms with E-state index >= 15 is 0 Å². The van der Waals surface area contributed by atoms with Crippen LogP contribution < -0.4 is 10.6 Å². The van der Waals surface area contributed by atoms with Gasteiger partial charge >= 0.3 is 0 Å². The summed E-state index contributed by atoms with van der Waals surface area (Å²) in [5.74, 6) is -0.873. The highest BCUT2D eigenvalue weighted by atomic mass is 16.2. The van der Waals surface area contributed by atoms with E-state index in [0.29, 0.717) is 19.4 Å². The van der Waals surface area contributed by atoms with E-state index in [0.717, 1.165) is 22.3 Å². The predicted octanol–water partition coefficient (Wildman–Crippen LogP) is 1.78. The molecule has 6 nitrogen and oxygen atoms in total. The summed E-state index contributed by atoms with van der Waals surface area (Å²) in [4.78, 5) is 23.5. The number of nitrogens with zero attached hydrogens (tertiary/aromatic N) is 2. The third-order valence-corrected chi connectivity index (χ3v) is 3.94. The van der Waals surface area contributed by atoms with Crippen molar-refractivity contribution in [1.82, 2.24) is 15.1 Å². The minimum Gasteiger partial charge on any atom is -0.386 e. The Kier molecular flexibility index (Phi) is 3.66. The van der Waals surface area contributed by atoms with Crippen molar-refractivity contribution in [2.24, 2.45) is 0 Å². The lowest BCUT2D eigenvalue weighted by Crippen LogP contribution is -2.39. The van der Waals surface area contributed by atoms with Gasteiger partial charge in [-0.25, -0.2) is 0 Å². The number of allylic oxidation sites excluding steroid dienone is 1. The molecular weight excluding hydrogens is 280 g/mol. The molecule has 1 aliphatic heterocycles. The van der Waals surface area contributed by atoms with Crippen molar-refractivity contribution in [3.8, 4) is 0 Å². The molecule has 1 aromatic carbocycles. The molecule has 1 unspecified atom stereocenters. The van der Waals surface area contributed by atoms with Gasteiger partial charge < -0.3 is 5.32 Å². The smallest absolute Gasteiger partial charge is 0.235 e. The Morgan fingerprint density at radius 3 is 3.00 bits per heavy atom. The number of rotatable bonds is 4. The summed E-state index contributed by atoms with van der Waals surface area (Å²) in [5, 5.41) is 11.1. The molecule has 1 fully saturated rings. The van der Waals surface area contributed by atoms with E-state index in [1.807, 2.05) is 29.9 Å². The number of imide groups is 1. The first-order chi connectivity index (χ1) is 10.7. The second-order valence-electron chi connectivity index (χ2n) is 5.31. The summed E-state index contributed by atoms with van der Waals surface area (Å²) in [6.45, 7) is 4.32. The number of nitrogens with one attached hydrogen (secondary N) is 2. The topological polar surface area (TPSA) is 76.0 Å². The van der Waals surface area contributed by atoms with Gasteiger partial charge in [-0.15, -0.1) is 6.58 Å². The number of para-hydroxylation sites is 1. The number of hydrogen-bond donors (Lipinski definition) is 2. The van der Waals surface area contributed by atoms with Crippen LogP contribution in [0.5, 0.6) is 0 Å². The maximum Gasteiger partial charge on any atom is 0.235 e. The van der Waals surface area contributed by atoms with Crippen molar-refractivity contribution in [2.45, 2.75) is 25.3 Å². The maximum absolute atomic E-state index is 12.2. The molecule has 0 saturated carbocycles. The van der Waals surface area contributed by atoms with Crippen LogP contribution in [0.25, 0.3) is 10.9 Å². The van der Waals surface area contributed by atoms with Gasteiger partial charge in [0.1, 0.15) is 0 Å². The van der Waals surface area contributed by atoms with Crippen molar-refractivity contribution in [1.29, 1.82) is 0 Å². The van der Waals surface area contributed by atoms with E-state index in [9.17, 15) is 9.59 Å². The Morgan fingerprint density at radius 2 is 2.32 bits per heavy atom. The van der Waals surface area contributed by atoms with Gasteiger partial charge in [0.15, 0.2) is 0 Å². The highest BCUT2D eigenvalue weighted by molar-refractivity contribution is 6.03. The Balaban J connectivity index is 2.16. The number of aromatic nitrogens is 2. The van der Waals surface area contributed by atoms with Crippen LogP contribution in [0.2, 0.25) is 0 Å². The van der Waals surface area contributed by atoms with Gasteiger partial charge in [-0.1, -0.05) is 18.2 Å². The molecule has 0 bridgehead atoms. The molecule has 0 aliphatic carbocycles. The van der Waals surface area contributed by atoms with Crippen molar-refractivity contribution in [2.75, 3.05) is 12.4 Å². The Hall–Kier alpha value is -2.63. The molecule has 22 heavy (non-hydrogen) atoms. The van der Waals surface area contributed by atoms with Gasteiger partial charge in [-0.2, -0.15) is 5.10 Å². The number of benzene rings is 1. The van der Waals surface area contributed by atoms with Gasteiger partial charge in [-0.05, 0) is 12.5 Å². The maximum atomic E-state index is 12.2. The normalized spacial score (nSPS) is 18.3. The zero-order valence-electron chi connectivity index (χ0n) is 12.4. The monoisotopic (exact) mass is 298 g/mol. The van der Waals surface area contributed by atoms with Crippen LogP contribution in [0.4, 0.5) is 5.69 Å². The molecule has 1 aromatic heterocycles. The van der Waals surface area contributed by atoms with Crippen LogP contribution >= 0.6 is 0 Å². The second-order valence-corrected chi connectivity index (χ2v) is 5.31. The van der Waals surface area contributed by atoms with Gasteiger partial charge in [0, 0.05) is 18.9 Å². The number of fused-ring (bicyclic) bond motifs is 1. The fourth-order valence-electron chi connectivity index (χ4n) is 2.93. The van der Waals surface area contributed by atoms with E-state index < -0.39 is 5.92 Å². The minimum absolute atomic E-state index is 0.216. The average molecular weight is 298 g/mol. The number of amides is 2. The van der Waals surface area contributed by atoms with E-state index in [1.165, 1.54) is 0 Å².